The number of hydrogen-bond donors (Lipinski definition) is 3. The van der Waals surface area contributed by atoms with Crippen LogP contribution in [0.3, 0.4) is 0 Å². The SMILES string of the molecule is O=C(Nc1ncc(-c2ccc(Cl)cc2)[nH]1)C1=NNCC1c1ccccc1. The molecule has 1 aromatic heterocycles. The largest absolute Gasteiger partial charge is 0.324 e. The molecule has 1 unspecified atom stereocenters. The van der Waals surface area contributed by atoms with Crippen molar-refractivity contribution in [1.29, 1.82) is 0 Å². The monoisotopic (exact) mass is 365 g/mol. The quantitative estimate of drug-likeness (QED) is 0.662. The van der Waals surface area contributed by atoms with Crippen LogP contribution in [-0.2, 0) is 4.79 Å². The van der Waals surface area contributed by atoms with Crippen molar-refractivity contribution in [2.75, 3.05) is 11.9 Å². The van der Waals surface area contributed by atoms with Crippen molar-refractivity contribution in [2.24, 2.45) is 5.10 Å². The van der Waals surface area contributed by atoms with Crippen LogP contribution in [-0.4, -0.2) is 28.1 Å². The summed E-state index contributed by atoms with van der Waals surface area (Å²) in [5.74, 6) is 0.0177. The zero-order valence-electron chi connectivity index (χ0n) is 13.7. The third-order valence-corrected chi connectivity index (χ3v) is 4.47. The number of aromatic nitrogens is 2. The number of hydrogen-bond acceptors (Lipinski definition) is 4. The molecule has 6 nitrogen and oxygen atoms in total. The van der Waals surface area contributed by atoms with Crippen LogP contribution in [0.2, 0.25) is 5.02 Å². The molecule has 130 valence electrons. The van der Waals surface area contributed by atoms with Gasteiger partial charge < -0.3 is 10.4 Å². The van der Waals surface area contributed by atoms with E-state index in [1.165, 1.54) is 0 Å². The Morgan fingerprint density at radius 1 is 1.12 bits per heavy atom. The number of amides is 1. The first kappa shape index (κ1) is 16.4. The van der Waals surface area contributed by atoms with Gasteiger partial charge in [0.15, 0.2) is 0 Å². The molecular formula is C19H16ClN5O. The van der Waals surface area contributed by atoms with Crippen LogP contribution in [0.4, 0.5) is 5.95 Å². The van der Waals surface area contributed by atoms with Crippen molar-refractivity contribution >= 4 is 29.2 Å². The fourth-order valence-corrected chi connectivity index (χ4v) is 3.03. The second-order valence-electron chi connectivity index (χ2n) is 5.93. The second-order valence-corrected chi connectivity index (χ2v) is 6.37. The third-order valence-electron chi connectivity index (χ3n) is 4.22. The van der Waals surface area contributed by atoms with Crippen molar-refractivity contribution < 1.29 is 4.79 Å². The highest BCUT2D eigenvalue weighted by atomic mass is 35.5. The summed E-state index contributed by atoms with van der Waals surface area (Å²) in [5, 5.41) is 7.61. The van der Waals surface area contributed by atoms with Gasteiger partial charge in [0.2, 0.25) is 5.95 Å². The van der Waals surface area contributed by atoms with Gasteiger partial charge in [-0.25, -0.2) is 4.98 Å². The minimum absolute atomic E-state index is 0.0816. The molecule has 1 amide bonds. The average Bonchev–Trinajstić information content (AvgIpc) is 3.32. The number of halogens is 1. The van der Waals surface area contributed by atoms with E-state index >= 15 is 0 Å². The molecule has 3 N–H and O–H groups in total. The Kier molecular flexibility index (Phi) is 4.41. The van der Waals surface area contributed by atoms with Gasteiger partial charge in [0.25, 0.3) is 5.91 Å². The molecule has 4 rings (SSSR count). The summed E-state index contributed by atoms with van der Waals surface area (Å²) >= 11 is 5.91. The molecule has 7 heteroatoms. The first-order chi connectivity index (χ1) is 12.7. The number of aromatic amines is 1. The fraction of sp³-hybridized carbons (Fsp3) is 0.105. The number of nitrogens with one attached hydrogen (secondary N) is 3. The number of imidazole rings is 1. The van der Waals surface area contributed by atoms with E-state index in [4.69, 9.17) is 11.6 Å². The lowest BCUT2D eigenvalue weighted by atomic mass is 9.94. The Bertz CT molecular complexity index is 950. The van der Waals surface area contributed by atoms with E-state index in [9.17, 15) is 4.79 Å². The molecule has 0 spiro atoms. The van der Waals surface area contributed by atoms with Crippen LogP contribution in [0.15, 0.2) is 65.9 Å². The van der Waals surface area contributed by atoms with Gasteiger partial charge in [0.05, 0.1) is 17.8 Å². The van der Waals surface area contributed by atoms with Crippen LogP contribution in [0.1, 0.15) is 11.5 Å². The van der Waals surface area contributed by atoms with Gasteiger partial charge in [0, 0.05) is 11.6 Å². The Balaban J connectivity index is 1.49. The van der Waals surface area contributed by atoms with E-state index in [0.29, 0.717) is 23.2 Å². The third kappa shape index (κ3) is 3.32. The van der Waals surface area contributed by atoms with Crippen LogP contribution < -0.4 is 10.7 Å². The maximum absolute atomic E-state index is 12.6. The molecule has 3 aromatic rings. The Hall–Kier alpha value is -3.12. The number of carbonyl (C=O) groups is 1. The molecule has 1 atom stereocenters. The van der Waals surface area contributed by atoms with Crippen LogP contribution in [0.25, 0.3) is 11.3 Å². The number of rotatable bonds is 4. The number of hydrazone groups is 1. The highest BCUT2D eigenvalue weighted by Crippen LogP contribution is 2.23. The lowest BCUT2D eigenvalue weighted by molar-refractivity contribution is -0.110. The van der Waals surface area contributed by atoms with Crippen LogP contribution >= 0.6 is 11.6 Å². The Morgan fingerprint density at radius 2 is 1.88 bits per heavy atom. The van der Waals surface area contributed by atoms with E-state index < -0.39 is 0 Å². The minimum Gasteiger partial charge on any atom is -0.324 e. The number of carbonyl (C=O) groups excluding carboxylic acids is 1. The second kappa shape index (κ2) is 7.01. The predicted molar refractivity (Wildman–Crippen MR) is 102 cm³/mol. The van der Waals surface area contributed by atoms with E-state index in [2.05, 4.69) is 25.8 Å². The Morgan fingerprint density at radius 3 is 2.65 bits per heavy atom. The average molecular weight is 366 g/mol. The maximum Gasteiger partial charge on any atom is 0.274 e. The lowest BCUT2D eigenvalue weighted by Gasteiger charge is -2.11. The summed E-state index contributed by atoms with van der Waals surface area (Å²) in [6.07, 6.45) is 1.67. The van der Waals surface area contributed by atoms with Crippen molar-refractivity contribution in [3.63, 3.8) is 0 Å². The normalized spacial score (nSPS) is 16.0. The van der Waals surface area contributed by atoms with Gasteiger partial charge >= 0.3 is 0 Å². The number of anilines is 1. The lowest BCUT2D eigenvalue weighted by Crippen LogP contribution is -2.27. The molecule has 0 bridgehead atoms. The van der Waals surface area contributed by atoms with E-state index in [0.717, 1.165) is 16.8 Å². The predicted octanol–water partition coefficient (Wildman–Crippen LogP) is 3.41. The number of H-pyrrole nitrogens is 1. The molecule has 2 heterocycles. The summed E-state index contributed by atoms with van der Waals surface area (Å²) < 4.78 is 0. The van der Waals surface area contributed by atoms with E-state index in [1.807, 2.05) is 42.5 Å². The molecule has 0 fully saturated rings. The van der Waals surface area contributed by atoms with Gasteiger partial charge in [-0.15, -0.1) is 0 Å². The van der Waals surface area contributed by atoms with Gasteiger partial charge in [-0.2, -0.15) is 5.10 Å². The summed E-state index contributed by atoms with van der Waals surface area (Å²) in [5.41, 5.74) is 6.13. The van der Waals surface area contributed by atoms with Crippen LogP contribution in [0, 0.1) is 0 Å². The molecule has 0 saturated heterocycles. The number of nitrogens with zero attached hydrogens (tertiary/aromatic N) is 2. The van der Waals surface area contributed by atoms with Crippen molar-refractivity contribution in [2.45, 2.75) is 5.92 Å². The van der Waals surface area contributed by atoms with Gasteiger partial charge in [-0.05, 0) is 23.3 Å². The molecule has 0 radical (unpaired) electrons. The van der Waals surface area contributed by atoms with Gasteiger partial charge in [0.1, 0.15) is 5.71 Å². The highest BCUT2D eigenvalue weighted by molar-refractivity contribution is 6.45. The molecule has 2 aromatic carbocycles. The maximum atomic E-state index is 12.6. The summed E-state index contributed by atoms with van der Waals surface area (Å²) in [6, 6.07) is 17.2. The minimum atomic E-state index is -0.277. The molecule has 26 heavy (non-hydrogen) atoms. The topological polar surface area (TPSA) is 82.2 Å². The zero-order valence-corrected chi connectivity index (χ0v) is 14.5. The van der Waals surface area contributed by atoms with Crippen molar-refractivity contribution in [1.82, 2.24) is 15.4 Å². The van der Waals surface area contributed by atoms with Crippen molar-refractivity contribution in [3.05, 3.63) is 71.4 Å². The van der Waals surface area contributed by atoms with Crippen molar-refractivity contribution in [3.8, 4) is 11.3 Å². The summed E-state index contributed by atoms with van der Waals surface area (Å²) in [4.78, 5) is 20.0. The standard InChI is InChI=1S/C19H16ClN5O/c20-14-8-6-13(7-9-14)16-11-21-19(23-16)24-18(26)17-15(10-22-25-17)12-4-2-1-3-5-12/h1-9,11,15,22H,10H2,(H2,21,23,24,26). The molecule has 1 aliphatic heterocycles. The number of benzene rings is 2. The first-order valence-electron chi connectivity index (χ1n) is 8.18. The zero-order chi connectivity index (χ0) is 17.9. The van der Waals surface area contributed by atoms with E-state index in [-0.39, 0.29) is 11.8 Å². The fourth-order valence-electron chi connectivity index (χ4n) is 2.90. The van der Waals surface area contributed by atoms with Gasteiger partial charge in [-0.3, -0.25) is 10.1 Å². The first-order valence-corrected chi connectivity index (χ1v) is 8.56. The summed E-state index contributed by atoms with van der Waals surface area (Å²) in [7, 11) is 0. The smallest absolute Gasteiger partial charge is 0.274 e. The molecular weight excluding hydrogens is 350 g/mol. The molecule has 0 saturated carbocycles. The summed E-state index contributed by atoms with van der Waals surface area (Å²) in [6.45, 7) is 0.598. The van der Waals surface area contributed by atoms with Crippen LogP contribution in [0.5, 0.6) is 0 Å². The van der Waals surface area contributed by atoms with E-state index in [1.54, 1.807) is 18.3 Å². The highest BCUT2D eigenvalue weighted by Gasteiger charge is 2.29. The molecule has 0 aliphatic carbocycles. The Labute approximate surface area is 155 Å². The molecule has 1 aliphatic rings. The van der Waals surface area contributed by atoms with Gasteiger partial charge in [-0.1, -0.05) is 54.1 Å².